The minimum atomic E-state index is -0.426. The van der Waals surface area contributed by atoms with Gasteiger partial charge >= 0.3 is 0 Å². The maximum absolute atomic E-state index is 12.8. The number of hydrogen-bond donors (Lipinski definition) is 1. The lowest BCUT2D eigenvalue weighted by atomic mass is 10.2. The quantitative estimate of drug-likeness (QED) is 0.885. The van der Waals surface area contributed by atoms with Crippen LogP contribution in [0.25, 0.3) is 0 Å². The zero-order valence-corrected chi connectivity index (χ0v) is 15.8. The molecule has 2 aliphatic heterocycles. The van der Waals surface area contributed by atoms with Crippen molar-refractivity contribution in [3.05, 3.63) is 60.2 Å². The van der Waals surface area contributed by atoms with Gasteiger partial charge in [0.05, 0.1) is 0 Å². The number of carbonyl (C=O) groups excluding carboxylic acids is 2. The summed E-state index contributed by atoms with van der Waals surface area (Å²) in [7, 11) is 0. The molecule has 2 amide bonds. The van der Waals surface area contributed by atoms with E-state index < -0.39 is 5.25 Å². The third kappa shape index (κ3) is 3.83. The minimum absolute atomic E-state index is 0.0567. The van der Waals surface area contributed by atoms with Crippen LogP contribution >= 0.6 is 11.8 Å². The van der Waals surface area contributed by atoms with Gasteiger partial charge in [-0.25, -0.2) is 4.99 Å². The van der Waals surface area contributed by atoms with Crippen LogP contribution in [0.5, 0.6) is 0 Å². The van der Waals surface area contributed by atoms with Gasteiger partial charge in [-0.15, -0.1) is 0 Å². The van der Waals surface area contributed by atoms with Crippen LogP contribution in [-0.2, 0) is 9.59 Å². The number of fused-ring (bicyclic) bond motifs is 1. The summed E-state index contributed by atoms with van der Waals surface area (Å²) < 4.78 is 0. The number of benzene rings is 2. The van der Waals surface area contributed by atoms with Gasteiger partial charge in [-0.3, -0.25) is 14.5 Å². The van der Waals surface area contributed by atoms with E-state index in [4.69, 9.17) is 0 Å². The zero-order chi connectivity index (χ0) is 18.8. The SMILES string of the molecule is Cc1ccc(N2CN=C3S[C@@H](CC(=O)Nc4ccccc4)C(=O)N3C2)cc1. The number of aliphatic imine (C=N–C) groups is 1. The fourth-order valence-electron chi connectivity index (χ4n) is 3.07. The Balaban J connectivity index is 1.40. The zero-order valence-electron chi connectivity index (χ0n) is 15.0. The highest BCUT2D eigenvalue weighted by atomic mass is 32.2. The van der Waals surface area contributed by atoms with E-state index >= 15 is 0 Å². The number of aryl methyl sites for hydroxylation is 1. The Labute approximate surface area is 162 Å². The van der Waals surface area contributed by atoms with Gasteiger partial charge in [0.2, 0.25) is 11.8 Å². The third-order valence-electron chi connectivity index (χ3n) is 4.54. The molecule has 4 rings (SSSR count). The Morgan fingerprint density at radius 2 is 1.93 bits per heavy atom. The molecule has 2 aliphatic rings. The monoisotopic (exact) mass is 380 g/mol. The molecule has 0 radical (unpaired) electrons. The smallest absolute Gasteiger partial charge is 0.244 e. The van der Waals surface area contributed by atoms with Gasteiger partial charge in [-0.2, -0.15) is 0 Å². The van der Waals surface area contributed by atoms with Crippen molar-refractivity contribution in [2.75, 3.05) is 23.6 Å². The molecule has 0 bridgehead atoms. The summed E-state index contributed by atoms with van der Waals surface area (Å²) in [4.78, 5) is 33.3. The van der Waals surface area contributed by atoms with Crippen LogP contribution in [0.1, 0.15) is 12.0 Å². The molecular weight excluding hydrogens is 360 g/mol. The second-order valence-corrected chi connectivity index (χ2v) is 7.76. The Bertz CT molecular complexity index is 883. The summed E-state index contributed by atoms with van der Waals surface area (Å²) in [5.74, 6) is -0.221. The van der Waals surface area contributed by atoms with Gasteiger partial charge in [0.1, 0.15) is 18.6 Å². The van der Waals surface area contributed by atoms with Crippen molar-refractivity contribution in [1.82, 2.24) is 4.90 Å². The first kappa shape index (κ1) is 17.6. The standard InChI is InChI=1S/C20H20N4O2S/c1-14-7-9-16(10-8-14)23-12-21-20-24(13-23)19(26)17(27-20)11-18(25)22-15-5-3-2-4-6-15/h2-10,17H,11-13H2,1H3,(H,22,25)/t17-/m0/s1. The summed E-state index contributed by atoms with van der Waals surface area (Å²) in [5.41, 5.74) is 2.96. The van der Waals surface area contributed by atoms with Gasteiger partial charge in [0.25, 0.3) is 0 Å². The highest BCUT2D eigenvalue weighted by Crippen LogP contribution is 2.33. The summed E-state index contributed by atoms with van der Waals surface area (Å²) in [6.45, 7) is 3.02. The van der Waals surface area contributed by atoms with Crippen molar-refractivity contribution < 1.29 is 9.59 Å². The maximum atomic E-state index is 12.8. The van der Waals surface area contributed by atoms with Crippen molar-refractivity contribution >= 4 is 40.1 Å². The first-order chi connectivity index (χ1) is 13.1. The van der Waals surface area contributed by atoms with E-state index in [1.165, 1.54) is 17.3 Å². The summed E-state index contributed by atoms with van der Waals surface area (Å²) in [5, 5.41) is 3.12. The molecule has 0 spiro atoms. The van der Waals surface area contributed by atoms with Crippen molar-refractivity contribution in [1.29, 1.82) is 0 Å². The molecule has 6 nitrogen and oxygen atoms in total. The van der Waals surface area contributed by atoms with Crippen molar-refractivity contribution in [2.45, 2.75) is 18.6 Å². The Morgan fingerprint density at radius 3 is 2.67 bits per heavy atom. The van der Waals surface area contributed by atoms with E-state index in [1.54, 1.807) is 4.90 Å². The van der Waals surface area contributed by atoms with Gasteiger partial charge in [-0.05, 0) is 31.2 Å². The number of nitrogens with zero attached hydrogens (tertiary/aromatic N) is 3. The maximum Gasteiger partial charge on any atom is 0.244 e. The molecule has 1 saturated heterocycles. The number of nitrogens with one attached hydrogen (secondary N) is 1. The van der Waals surface area contributed by atoms with E-state index in [-0.39, 0.29) is 18.2 Å². The van der Waals surface area contributed by atoms with Crippen LogP contribution in [0.15, 0.2) is 59.6 Å². The fraction of sp³-hybridized carbons (Fsp3) is 0.250. The Hall–Kier alpha value is -2.80. The molecule has 7 heteroatoms. The molecule has 138 valence electrons. The number of amidine groups is 1. The molecule has 2 heterocycles. The summed E-state index contributed by atoms with van der Waals surface area (Å²) in [6, 6.07) is 17.4. The molecule has 0 aliphatic carbocycles. The van der Waals surface area contributed by atoms with Crippen LogP contribution in [0.4, 0.5) is 11.4 Å². The summed E-state index contributed by atoms with van der Waals surface area (Å²) >= 11 is 1.38. The highest BCUT2D eigenvalue weighted by Gasteiger charge is 2.41. The molecule has 0 unspecified atom stereocenters. The van der Waals surface area contributed by atoms with E-state index in [2.05, 4.69) is 10.3 Å². The molecule has 1 atom stereocenters. The molecule has 1 fully saturated rings. The van der Waals surface area contributed by atoms with Crippen LogP contribution in [0.2, 0.25) is 0 Å². The number of amides is 2. The number of thioether (sulfide) groups is 1. The largest absolute Gasteiger partial charge is 0.334 e. The predicted molar refractivity (Wildman–Crippen MR) is 109 cm³/mol. The lowest BCUT2D eigenvalue weighted by molar-refractivity contribution is -0.128. The van der Waals surface area contributed by atoms with E-state index in [1.807, 2.05) is 66.4 Å². The molecular formula is C20H20N4O2S. The molecule has 2 aromatic rings. The first-order valence-electron chi connectivity index (χ1n) is 8.79. The van der Waals surface area contributed by atoms with Gasteiger partial charge in [-0.1, -0.05) is 47.7 Å². The number of carbonyl (C=O) groups is 2. The fourth-order valence-corrected chi connectivity index (χ4v) is 4.20. The van der Waals surface area contributed by atoms with Gasteiger partial charge in [0.15, 0.2) is 5.17 Å². The van der Waals surface area contributed by atoms with E-state index in [0.29, 0.717) is 18.5 Å². The van der Waals surface area contributed by atoms with Crippen LogP contribution in [-0.4, -0.2) is 40.5 Å². The number of anilines is 2. The molecule has 27 heavy (non-hydrogen) atoms. The molecule has 1 N–H and O–H groups in total. The summed E-state index contributed by atoms with van der Waals surface area (Å²) in [6.07, 6.45) is 0.137. The Kier molecular flexibility index (Phi) is 4.85. The molecule has 0 saturated carbocycles. The topological polar surface area (TPSA) is 65.0 Å². The average molecular weight is 380 g/mol. The van der Waals surface area contributed by atoms with Crippen LogP contribution in [0, 0.1) is 6.92 Å². The van der Waals surface area contributed by atoms with Crippen molar-refractivity contribution in [3.63, 3.8) is 0 Å². The number of para-hydroxylation sites is 1. The highest BCUT2D eigenvalue weighted by molar-refractivity contribution is 8.15. The lowest BCUT2D eigenvalue weighted by Crippen LogP contribution is -2.46. The second-order valence-electron chi connectivity index (χ2n) is 6.59. The number of rotatable bonds is 4. The third-order valence-corrected chi connectivity index (χ3v) is 5.75. The minimum Gasteiger partial charge on any atom is -0.334 e. The van der Waals surface area contributed by atoms with Crippen LogP contribution in [0.3, 0.4) is 0 Å². The predicted octanol–water partition coefficient (Wildman–Crippen LogP) is 3.06. The average Bonchev–Trinajstić information content (AvgIpc) is 2.98. The van der Waals surface area contributed by atoms with Gasteiger partial charge in [0, 0.05) is 17.8 Å². The molecule has 2 aromatic carbocycles. The lowest BCUT2D eigenvalue weighted by Gasteiger charge is -2.32. The van der Waals surface area contributed by atoms with E-state index in [9.17, 15) is 9.59 Å². The normalized spacial score (nSPS) is 18.9. The number of hydrogen-bond acceptors (Lipinski definition) is 5. The van der Waals surface area contributed by atoms with Gasteiger partial charge < -0.3 is 10.2 Å². The van der Waals surface area contributed by atoms with Crippen molar-refractivity contribution in [3.8, 4) is 0 Å². The Morgan fingerprint density at radius 1 is 1.19 bits per heavy atom. The van der Waals surface area contributed by atoms with E-state index in [0.717, 1.165) is 11.4 Å². The van der Waals surface area contributed by atoms with Crippen molar-refractivity contribution in [2.24, 2.45) is 4.99 Å². The molecule has 0 aromatic heterocycles. The van der Waals surface area contributed by atoms with Crippen LogP contribution < -0.4 is 10.2 Å². The first-order valence-corrected chi connectivity index (χ1v) is 9.67. The second kappa shape index (κ2) is 7.44.